The monoisotopic (exact) mass is 410 g/mol. The highest BCUT2D eigenvalue weighted by atomic mass is 16.5. The Hall–Kier alpha value is -3.44. The number of rotatable bonds is 5. The number of aryl methyl sites for hydroxylation is 1. The smallest absolute Gasteiger partial charge is 0.141 e. The van der Waals surface area contributed by atoms with Gasteiger partial charge in [-0.3, -0.25) is 0 Å². The third-order valence-electron chi connectivity index (χ3n) is 5.86. The second kappa shape index (κ2) is 8.36. The van der Waals surface area contributed by atoms with Crippen molar-refractivity contribution in [3.05, 3.63) is 83.8 Å². The van der Waals surface area contributed by atoms with Gasteiger partial charge in [0, 0.05) is 23.2 Å². The Morgan fingerprint density at radius 1 is 1.03 bits per heavy atom. The first-order valence-electron chi connectivity index (χ1n) is 10.8. The molecule has 0 saturated heterocycles. The number of hydrogen-bond acceptors (Lipinski definition) is 4. The third-order valence-corrected chi connectivity index (χ3v) is 5.86. The zero-order chi connectivity index (χ0) is 21.2. The summed E-state index contributed by atoms with van der Waals surface area (Å²) in [5.41, 5.74) is 7.69. The molecule has 31 heavy (non-hydrogen) atoms. The highest BCUT2D eigenvalue weighted by Crippen LogP contribution is 2.33. The molecule has 1 unspecified atom stereocenters. The summed E-state index contributed by atoms with van der Waals surface area (Å²) in [5, 5.41) is 4.43. The van der Waals surface area contributed by atoms with Gasteiger partial charge in [0.05, 0.1) is 5.69 Å². The molecule has 2 N–H and O–H groups in total. The molecule has 2 aromatic heterocycles. The van der Waals surface area contributed by atoms with E-state index < -0.39 is 0 Å². The predicted molar refractivity (Wildman–Crippen MR) is 125 cm³/mol. The standard InChI is InChI=1S/C26H26N4O/c1-17-14-21(31-18(2)19-6-4-3-5-7-19)8-9-22(17)24-15-23-25(20-10-12-27-13-11-20)28-16-29-26(23)30-24/h3-10,14-16,18,27H,11-13H2,1-2H3,(H,28,29,30). The van der Waals surface area contributed by atoms with Crippen molar-refractivity contribution in [1.29, 1.82) is 0 Å². The second-order valence-electron chi connectivity index (χ2n) is 8.00. The fraction of sp³-hybridized carbons (Fsp3) is 0.231. The minimum atomic E-state index is -0.00406. The lowest BCUT2D eigenvalue weighted by molar-refractivity contribution is 0.227. The first-order valence-corrected chi connectivity index (χ1v) is 10.8. The summed E-state index contributed by atoms with van der Waals surface area (Å²) in [6.07, 6.45) is 4.85. The normalized spacial score (nSPS) is 15.0. The number of fused-ring (bicyclic) bond motifs is 1. The van der Waals surface area contributed by atoms with Gasteiger partial charge in [-0.15, -0.1) is 0 Å². The summed E-state index contributed by atoms with van der Waals surface area (Å²) >= 11 is 0. The molecule has 0 saturated carbocycles. The molecule has 2 aromatic carbocycles. The Bertz CT molecular complexity index is 1240. The molecule has 1 aliphatic heterocycles. The number of aromatic nitrogens is 3. The number of aromatic amines is 1. The molecule has 0 spiro atoms. The molecule has 0 radical (unpaired) electrons. The molecular weight excluding hydrogens is 384 g/mol. The van der Waals surface area contributed by atoms with Crippen molar-refractivity contribution in [2.45, 2.75) is 26.4 Å². The largest absolute Gasteiger partial charge is 0.486 e. The van der Waals surface area contributed by atoms with E-state index in [-0.39, 0.29) is 6.10 Å². The van der Waals surface area contributed by atoms with E-state index in [9.17, 15) is 0 Å². The minimum absolute atomic E-state index is 0.00406. The van der Waals surface area contributed by atoms with E-state index in [1.54, 1.807) is 6.33 Å². The van der Waals surface area contributed by atoms with Gasteiger partial charge in [0.15, 0.2) is 0 Å². The number of H-pyrrole nitrogens is 1. The van der Waals surface area contributed by atoms with Gasteiger partial charge < -0.3 is 15.0 Å². The quantitative estimate of drug-likeness (QED) is 0.459. The van der Waals surface area contributed by atoms with Crippen LogP contribution in [-0.4, -0.2) is 28.0 Å². The molecule has 1 aliphatic rings. The third kappa shape index (κ3) is 3.97. The van der Waals surface area contributed by atoms with Crippen LogP contribution in [0.1, 0.15) is 36.3 Å². The van der Waals surface area contributed by atoms with Gasteiger partial charge in [-0.1, -0.05) is 36.4 Å². The van der Waals surface area contributed by atoms with Crippen LogP contribution in [0.15, 0.2) is 67.0 Å². The summed E-state index contributed by atoms with van der Waals surface area (Å²) in [6.45, 7) is 6.06. The van der Waals surface area contributed by atoms with E-state index in [1.165, 1.54) is 5.57 Å². The van der Waals surface area contributed by atoms with Crippen LogP contribution in [-0.2, 0) is 0 Å². The maximum absolute atomic E-state index is 6.18. The molecule has 3 heterocycles. The van der Waals surface area contributed by atoms with E-state index in [0.29, 0.717) is 0 Å². The highest BCUT2D eigenvalue weighted by molar-refractivity contribution is 5.92. The Morgan fingerprint density at radius 2 is 1.90 bits per heavy atom. The average Bonchev–Trinajstić information content (AvgIpc) is 3.24. The molecule has 5 rings (SSSR count). The molecule has 1 atom stereocenters. The maximum atomic E-state index is 6.18. The molecule has 0 bridgehead atoms. The molecule has 5 nitrogen and oxygen atoms in total. The van der Waals surface area contributed by atoms with Crippen LogP contribution in [0.4, 0.5) is 0 Å². The van der Waals surface area contributed by atoms with Crippen molar-refractivity contribution < 1.29 is 4.74 Å². The number of hydrogen-bond donors (Lipinski definition) is 2. The Kier molecular flexibility index (Phi) is 5.26. The minimum Gasteiger partial charge on any atom is -0.486 e. The van der Waals surface area contributed by atoms with Crippen LogP contribution in [0, 0.1) is 6.92 Å². The fourth-order valence-electron chi connectivity index (χ4n) is 4.19. The van der Waals surface area contributed by atoms with Crippen molar-refractivity contribution in [1.82, 2.24) is 20.3 Å². The fourth-order valence-corrected chi connectivity index (χ4v) is 4.19. The van der Waals surface area contributed by atoms with Crippen molar-refractivity contribution >= 4 is 16.6 Å². The van der Waals surface area contributed by atoms with E-state index >= 15 is 0 Å². The van der Waals surface area contributed by atoms with Crippen LogP contribution < -0.4 is 10.1 Å². The van der Waals surface area contributed by atoms with Crippen LogP contribution >= 0.6 is 0 Å². The zero-order valence-electron chi connectivity index (χ0n) is 17.9. The molecule has 5 heteroatoms. The maximum Gasteiger partial charge on any atom is 0.141 e. The molecule has 156 valence electrons. The molecule has 0 fully saturated rings. The van der Waals surface area contributed by atoms with E-state index in [2.05, 4.69) is 70.5 Å². The Balaban J connectivity index is 1.44. The van der Waals surface area contributed by atoms with Crippen LogP contribution in [0.3, 0.4) is 0 Å². The number of nitrogens with zero attached hydrogens (tertiary/aromatic N) is 2. The van der Waals surface area contributed by atoms with Gasteiger partial charge in [0.25, 0.3) is 0 Å². The van der Waals surface area contributed by atoms with Crippen molar-refractivity contribution in [3.63, 3.8) is 0 Å². The molecule has 0 aliphatic carbocycles. The van der Waals surface area contributed by atoms with Crippen LogP contribution in [0.25, 0.3) is 27.9 Å². The number of ether oxygens (including phenoxy) is 1. The lowest BCUT2D eigenvalue weighted by Crippen LogP contribution is -2.20. The Labute approximate surface area is 182 Å². The van der Waals surface area contributed by atoms with Gasteiger partial charge in [-0.05, 0) is 67.8 Å². The van der Waals surface area contributed by atoms with E-state index in [4.69, 9.17) is 4.74 Å². The molecular formula is C26H26N4O. The number of benzene rings is 2. The van der Waals surface area contributed by atoms with Gasteiger partial charge in [-0.2, -0.15) is 0 Å². The van der Waals surface area contributed by atoms with Gasteiger partial charge in [0.2, 0.25) is 0 Å². The van der Waals surface area contributed by atoms with Gasteiger partial charge >= 0.3 is 0 Å². The van der Waals surface area contributed by atoms with Crippen molar-refractivity contribution in [2.75, 3.05) is 13.1 Å². The summed E-state index contributed by atoms with van der Waals surface area (Å²) in [6, 6.07) is 18.7. The lowest BCUT2D eigenvalue weighted by atomic mass is 10.0. The second-order valence-corrected chi connectivity index (χ2v) is 8.00. The van der Waals surface area contributed by atoms with Crippen LogP contribution in [0.5, 0.6) is 5.75 Å². The topological polar surface area (TPSA) is 62.8 Å². The Morgan fingerprint density at radius 3 is 2.68 bits per heavy atom. The predicted octanol–water partition coefficient (Wildman–Crippen LogP) is 5.45. The zero-order valence-corrected chi connectivity index (χ0v) is 17.9. The van der Waals surface area contributed by atoms with Crippen molar-refractivity contribution in [3.8, 4) is 17.0 Å². The first-order chi connectivity index (χ1) is 15.2. The average molecular weight is 411 g/mol. The summed E-state index contributed by atoms with van der Waals surface area (Å²) < 4.78 is 6.18. The van der Waals surface area contributed by atoms with E-state index in [0.717, 1.165) is 64.4 Å². The molecule has 0 amide bonds. The first kappa shape index (κ1) is 19.5. The summed E-state index contributed by atoms with van der Waals surface area (Å²) in [4.78, 5) is 12.5. The lowest BCUT2D eigenvalue weighted by Gasteiger charge is -2.16. The van der Waals surface area contributed by atoms with Crippen LogP contribution in [0.2, 0.25) is 0 Å². The van der Waals surface area contributed by atoms with E-state index in [1.807, 2.05) is 24.3 Å². The SMILES string of the molecule is Cc1cc(OC(C)c2ccccc2)ccc1-c1cc2c(C3=CCNCC3)ncnc2[nH]1. The van der Waals surface area contributed by atoms with Gasteiger partial charge in [0.1, 0.15) is 23.8 Å². The summed E-state index contributed by atoms with van der Waals surface area (Å²) in [7, 11) is 0. The molecule has 4 aromatic rings. The van der Waals surface area contributed by atoms with Crippen molar-refractivity contribution in [2.24, 2.45) is 0 Å². The number of nitrogens with one attached hydrogen (secondary N) is 2. The summed E-state index contributed by atoms with van der Waals surface area (Å²) in [5.74, 6) is 0.869. The van der Waals surface area contributed by atoms with Gasteiger partial charge in [-0.25, -0.2) is 9.97 Å². The highest BCUT2D eigenvalue weighted by Gasteiger charge is 2.15.